The molecule has 1 saturated heterocycles. The summed E-state index contributed by atoms with van der Waals surface area (Å²) in [6, 6.07) is -0.421. The number of carbonyl (C=O) groups is 2. The Bertz CT molecular complexity index is 341. The Morgan fingerprint density at radius 1 is 1.44 bits per heavy atom. The zero-order valence-corrected chi connectivity index (χ0v) is 12.0. The van der Waals surface area contributed by atoms with Crippen LogP contribution in [0.3, 0.4) is 0 Å². The normalized spacial score (nSPS) is 26.8. The van der Waals surface area contributed by atoms with E-state index in [4.69, 9.17) is 0 Å². The molecule has 6 heteroatoms. The predicted molar refractivity (Wildman–Crippen MR) is 70.1 cm³/mol. The lowest BCUT2D eigenvalue weighted by atomic mass is 9.74. The van der Waals surface area contributed by atoms with Gasteiger partial charge in [0.05, 0.1) is 0 Å². The van der Waals surface area contributed by atoms with Crippen molar-refractivity contribution in [2.75, 3.05) is 14.1 Å². The van der Waals surface area contributed by atoms with Gasteiger partial charge >= 0.3 is 12.1 Å². The van der Waals surface area contributed by atoms with E-state index in [0.29, 0.717) is 5.92 Å². The summed E-state index contributed by atoms with van der Waals surface area (Å²) in [6.45, 7) is 8.23. The molecule has 0 radical (unpaired) electrons. The van der Waals surface area contributed by atoms with Gasteiger partial charge in [-0.25, -0.2) is 9.59 Å². The van der Waals surface area contributed by atoms with Gasteiger partial charge in [0, 0.05) is 25.6 Å². The summed E-state index contributed by atoms with van der Waals surface area (Å²) in [4.78, 5) is 25.0. The fraction of sp³-hybridized carbons (Fsp3) is 0.833. The third-order valence-corrected chi connectivity index (χ3v) is 3.65. The first-order valence-electron chi connectivity index (χ1n) is 6.23. The molecule has 0 aromatic rings. The first-order valence-corrected chi connectivity index (χ1v) is 6.23. The maximum Gasteiger partial charge on any atom is 0.319 e. The molecule has 1 rings (SSSR count). The second kappa shape index (κ2) is 5.04. The highest BCUT2D eigenvalue weighted by Crippen LogP contribution is 2.34. The largest absolute Gasteiger partial charge is 0.341 e. The minimum atomic E-state index is -0.335. The minimum absolute atomic E-state index is 0.0170. The molecule has 0 aromatic heterocycles. The van der Waals surface area contributed by atoms with Crippen LogP contribution >= 0.6 is 0 Å². The molecule has 0 saturated carbocycles. The van der Waals surface area contributed by atoms with Crippen molar-refractivity contribution in [1.82, 2.24) is 20.9 Å². The molecule has 0 aliphatic carbocycles. The van der Waals surface area contributed by atoms with Crippen LogP contribution in [0, 0.1) is 11.3 Å². The van der Waals surface area contributed by atoms with E-state index in [2.05, 4.69) is 29.8 Å². The summed E-state index contributed by atoms with van der Waals surface area (Å²) in [5.41, 5.74) is -0.261. The number of carbonyl (C=O) groups excluding carboxylic acids is 2. The zero-order chi connectivity index (χ0) is 14.1. The molecular formula is C12H24N4O2. The van der Waals surface area contributed by atoms with E-state index >= 15 is 0 Å². The van der Waals surface area contributed by atoms with Gasteiger partial charge in [0.2, 0.25) is 0 Å². The molecule has 104 valence electrons. The Morgan fingerprint density at radius 2 is 2.00 bits per heavy atom. The summed E-state index contributed by atoms with van der Waals surface area (Å²) in [5, 5.41) is 8.35. The molecule has 1 fully saturated rings. The van der Waals surface area contributed by atoms with Crippen LogP contribution in [0.1, 0.15) is 27.7 Å². The minimum Gasteiger partial charge on any atom is -0.341 e. The molecule has 1 heterocycles. The SMILES string of the molecule is CNC(=O)N[C@H]1N(C)C(=O)N[C@H](C(C)C)C1(C)C. The van der Waals surface area contributed by atoms with Gasteiger partial charge in [-0.15, -0.1) is 0 Å². The Hall–Kier alpha value is -1.46. The number of hydrogen-bond acceptors (Lipinski definition) is 2. The van der Waals surface area contributed by atoms with Gasteiger partial charge < -0.3 is 20.9 Å². The van der Waals surface area contributed by atoms with Crippen LogP contribution in [0.15, 0.2) is 0 Å². The third kappa shape index (κ3) is 2.52. The van der Waals surface area contributed by atoms with E-state index in [0.717, 1.165) is 0 Å². The van der Waals surface area contributed by atoms with Gasteiger partial charge in [-0.1, -0.05) is 27.7 Å². The second-order valence-corrected chi connectivity index (χ2v) is 5.73. The highest BCUT2D eigenvalue weighted by Gasteiger charge is 2.48. The first-order chi connectivity index (χ1) is 8.21. The quantitative estimate of drug-likeness (QED) is 0.688. The summed E-state index contributed by atoms with van der Waals surface area (Å²) in [5.74, 6) is 0.298. The Morgan fingerprint density at radius 3 is 2.44 bits per heavy atom. The van der Waals surface area contributed by atoms with E-state index in [1.165, 1.54) is 4.90 Å². The second-order valence-electron chi connectivity index (χ2n) is 5.73. The Balaban J connectivity index is 3.01. The smallest absolute Gasteiger partial charge is 0.319 e. The van der Waals surface area contributed by atoms with Crippen LogP contribution in [-0.4, -0.2) is 43.3 Å². The maximum atomic E-state index is 11.9. The zero-order valence-electron chi connectivity index (χ0n) is 12.0. The van der Waals surface area contributed by atoms with Crippen LogP contribution in [-0.2, 0) is 0 Å². The van der Waals surface area contributed by atoms with Crippen molar-refractivity contribution in [1.29, 1.82) is 0 Å². The average Bonchev–Trinajstić information content (AvgIpc) is 2.28. The highest BCUT2D eigenvalue weighted by molar-refractivity contribution is 5.78. The van der Waals surface area contributed by atoms with Crippen molar-refractivity contribution in [3.05, 3.63) is 0 Å². The Labute approximate surface area is 108 Å². The number of nitrogens with one attached hydrogen (secondary N) is 3. The first kappa shape index (κ1) is 14.6. The molecule has 0 spiro atoms. The van der Waals surface area contributed by atoms with Crippen LogP contribution in [0.2, 0.25) is 0 Å². The number of urea groups is 2. The number of rotatable bonds is 2. The predicted octanol–water partition coefficient (Wildman–Crippen LogP) is 0.947. The molecule has 1 aliphatic rings. The molecule has 0 bridgehead atoms. The van der Waals surface area contributed by atoms with E-state index in [9.17, 15) is 9.59 Å². The van der Waals surface area contributed by atoms with E-state index in [1.807, 2.05) is 13.8 Å². The van der Waals surface area contributed by atoms with Crippen molar-refractivity contribution in [2.45, 2.75) is 39.9 Å². The van der Waals surface area contributed by atoms with Crippen molar-refractivity contribution < 1.29 is 9.59 Å². The lowest BCUT2D eigenvalue weighted by molar-refractivity contribution is 0.0284. The van der Waals surface area contributed by atoms with Gasteiger partial charge in [-0.05, 0) is 5.92 Å². The summed E-state index contributed by atoms with van der Waals surface area (Å²) >= 11 is 0. The van der Waals surface area contributed by atoms with Gasteiger partial charge in [-0.2, -0.15) is 0 Å². The van der Waals surface area contributed by atoms with Crippen molar-refractivity contribution in [2.24, 2.45) is 11.3 Å². The summed E-state index contributed by atoms with van der Waals surface area (Å²) in [7, 11) is 3.25. The Kier molecular flexibility index (Phi) is 4.09. The highest BCUT2D eigenvalue weighted by atomic mass is 16.2. The van der Waals surface area contributed by atoms with Gasteiger partial charge in [0.1, 0.15) is 6.17 Å². The molecule has 1 aliphatic heterocycles. The fourth-order valence-electron chi connectivity index (χ4n) is 2.71. The molecule has 3 N–H and O–H groups in total. The van der Waals surface area contributed by atoms with Crippen LogP contribution in [0.5, 0.6) is 0 Å². The van der Waals surface area contributed by atoms with Gasteiger partial charge in [0.15, 0.2) is 0 Å². The van der Waals surface area contributed by atoms with Crippen molar-refractivity contribution >= 4 is 12.1 Å². The molecule has 6 nitrogen and oxygen atoms in total. The van der Waals surface area contributed by atoms with E-state index in [1.54, 1.807) is 14.1 Å². The standard InChI is InChI=1S/C12H24N4O2/c1-7(2)8-12(3,4)9(15-10(17)13-5)16(6)11(18)14-8/h7-9H,1-6H3,(H,14,18)(H2,13,15,17)/t8-,9+/m1/s1. The van der Waals surface area contributed by atoms with Crippen LogP contribution in [0.25, 0.3) is 0 Å². The molecular weight excluding hydrogens is 232 g/mol. The monoisotopic (exact) mass is 256 g/mol. The number of hydrogen-bond donors (Lipinski definition) is 3. The lowest BCUT2D eigenvalue weighted by Gasteiger charge is -2.51. The maximum absolute atomic E-state index is 11.9. The lowest BCUT2D eigenvalue weighted by Crippen LogP contribution is -2.71. The molecule has 0 unspecified atom stereocenters. The topological polar surface area (TPSA) is 73.5 Å². The third-order valence-electron chi connectivity index (χ3n) is 3.65. The molecule has 2 atom stereocenters. The average molecular weight is 256 g/mol. The van der Waals surface area contributed by atoms with Crippen molar-refractivity contribution in [3.63, 3.8) is 0 Å². The molecule has 18 heavy (non-hydrogen) atoms. The van der Waals surface area contributed by atoms with Crippen molar-refractivity contribution in [3.8, 4) is 0 Å². The van der Waals surface area contributed by atoms with Gasteiger partial charge in [-0.3, -0.25) is 0 Å². The molecule has 4 amide bonds. The fourth-order valence-corrected chi connectivity index (χ4v) is 2.71. The number of amides is 4. The van der Waals surface area contributed by atoms with Crippen LogP contribution in [0.4, 0.5) is 9.59 Å². The summed E-state index contributed by atoms with van der Waals surface area (Å²) < 4.78 is 0. The number of nitrogens with zero attached hydrogens (tertiary/aromatic N) is 1. The summed E-state index contributed by atoms with van der Waals surface area (Å²) in [6.07, 6.45) is -0.335. The van der Waals surface area contributed by atoms with Crippen LogP contribution < -0.4 is 16.0 Å². The van der Waals surface area contributed by atoms with E-state index in [-0.39, 0.29) is 29.7 Å². The van der Waals surface area contributed by atoms with E-state index < -0.39 is 0 Å². The van der Waals surface area contributed by atoms with Gasteiger partial charge in [0.25, 0.3) is 0 Å². The molecule has 0 aromatic carbocycles.